The summed E-state index contributed by atoms with van der Waals surface area (Å²) in [6, 6.07) is 0. The topological polar surface area (TPSA) is 17.1 Å². The molecule has 1 nitrogen and oxygen atoms in total. The molecule has 0 radical (unpaired) electrons. The maximum atomic E-state index is 10.4. The summed E-state index contributed by atoms with van der Waals surface area (Å²) < 4.78 is 0.457. The van der Waals surface area contributed by atoms with E-state index in [1.807, 2.05) is 0 Å². The summed E-state index contributed by atoms with van der Waals surface area (Å²) in [5, 5.41) is 0. The van der Waals surface area contributed by atoms with Gasteiger partial charge in [-0.15, -0.1) is 0 Å². The molecular formula is C6H11NaO. The van der Waals surface area contributed by atoms with Gasteiger partial charge in [0, 0.05) is 0 Å². The second kappa shape index (κ2) is 5.80. The SMILES string of the molecule is CCCCC[C](=O)[Na]. The third-order valence-electron chi connectivity index (χ3n) is 1.13. The van der Waals surface area contributed by atoms with E-state index in [4.69, 9.17) is 0 Å². The molecule has 0 unspecified atom stereocenters. The number of rotatable bonds is 4. The summed E-state index contributed by atoms with van der Waals surface area (Å²) in [6.07, 6.45) is 4.38. The van der Waals surface area contributed by atoms with Crippen molar-refractivity contribution in [3.8, 4) is 0 Å². The molecule has 0 aromatic heterocycles. The Hall–Kier alpha value is 0.670. The average molecular weight is 122 g/mol. The van der Waals surface area contributed by atoms with Crippen molar-refractivity contribution >= 4 is 31.0 Å². The Morgan fingerprint density at radius 2 is 2.12 bits per heavy atom. The molecule has 0 atom stereocenters. The molecule has 0 rings (SSSR count). The standard InChI is InChI=1S/C6H11O.Na/c1-2-3-4-5-6-7;/h2-5H2,1H3;. The van der Waals surface area contributed by atoms with Crippen LogP contribution in [0.15, 0.2) is 0 Å². The first-order valence-corrected chi connectivity index (χ1v) is 4.26. The Kier molecular flexibility index (Phi) is 6.29. The van der Waals surface area contributed by atoms with Gasteiger partial charge in [0.1, 0.15) is 0 Å². The van der Waals surface area contributed by atoms with Crippen molar-refractivity contribution in [3.05, 3.63) is 0 Å². The Morgan fingerprint density at radius 3 is 2.50 bits per heavy atom. The molecule has 0 saturated heterocycles. The van der Waals surface area contributed by atoms with Gasteiger partial charge < -0.3 is 0 Å². The van der Waals surface area contributed by atoms with Crippen LogP contribution in [0.25, 0.3) is 0 Å². The van der Waals surface area contributed by atoms with Crippen LogP contribution in [0.1, 0.15) is 32.6 Å². The van der Waals surface area contributed by atoms with Crippen LogP contribution in [0.5, 0.6) is 0 Å². The fourth-order valence-corrected chi connectivity index (χ4v) is 0.977. The summed E-state index contributed by atoms with van der Waals surface area (Å²) in [5.41, 5.74) is 0. The number of carbonyl (C=O) groups excluding carboxylic acids is 1. The molecular weight excluding hydrogens is 111 g/mol. The number of carbonyl (C=O) groups is 1. The molecule has 0 amide bonds. The van der Waals surface area contributed by atoms with Crippen LogP contribution in [0.2, 0.25) is 0 Å². The maximum absolute atomic E-state index is 10.4. The van der Waals surface area contributed by atoms with E-state index in [0.29, 0.717) is 3.03 Å². The molecule has 8 heavy (non-hydrogen) atoms. The molecule has 0 aliphatic rings. The fourth-order valence-electron chi connectivity index (χ4n) is 0.624. The molecule has 0 saturated carbocycles. The predicted octanol–water partition coefficient (Wildman–Crippen LogP) is 1.26. The monoisotopic (exact) mass is 122 g/mol. The molecule has 42 valence electrons. The summed E-state index contributed by atoms with van der Waals surface area (Å²) in [5.74, 6) is 0. The number of hydrogen-bond donors (Lipinski definition) is 0. The molecule has 0 fully saturated rings. The van der Waals surface area contributed by atoms with E-state index in [-0.39, 0.29) is 0 Å². The van der Waals surface area contributed by atoms with Gasteiger partial charge in [-0.2, -0.15) is 0 Å². The van der Waals surface area contributed by atoms with Crippen LogP contribution < -0.4 is 0 Å². The van der Waals surface area contributed by atoms with Crippen molar-refractivity contribution in [3.63, 3.8) is 0 Å². The third kappa shape index (κ3) is 6.67. The fraction of sp³-hybridized carbons (Fsp3) is 0.833. The molecule has 0 aliphatic carbocycles. The number of hydrogen-bond acceptors (Lipinski definition) is 1. The number of unbranched alkanes of at least 4 members (excludes halogenated alkanes) is 2. The van der Waals surface area contributed by atoms with Gasteiger partial charge in [0.2, 0.25) is 0 Å². The van der Waals surface area contributed by atoms with E-state index in [1.54, 1.807) is 0 Å². The van der Waals surface area contributed by atoms with Crippen molar-refractivity contribution in [2.75, 3.05) is 0 Å². The van der Waals surface area contributed by atoms with Crippen LogP contribution in [0.3, 0.4) is 0 Å². The van der Waals surface area contributed by atoms with Gasteiger partial charge in [-0.1, -0.05) is 0 Å². The Morgan fingerprint density at radius 1 is 1.50 bits per heavy atom. The van der Waals surface area contributed by atoms with Gasteiger partial charge in [0.05, 0.1) is 0 Å². The molecule has 0 spiro atoms. The Labute approximate surface area is 68.3 Å². The Balaban J connectivity index is 2.82. The van der Waals surface area contributed by atoms with Crippen molar-refractivity contribution in [2.45, 2.75) is 32.6 Å². The summed E-state index contributed by atoms with van der Waals surface area (Å²) in [4.78, 5) is 10.4. The van der Waals surface area contributed by atoms with Crippen LogP contribution in [-0.2, 0) is 4.79 Å². The first kappa shape index (κ1) is 8.67. The molecule has 0 aliphatic heterocycles. The summed E-state index contributed by atoms with van der Waals surface area (Å²) in [6.45, 7) is 2.15. The van der Waals surface area contributed by atoms with Crippen molar-refractivity contribution in [2.24, 2.45) is 0 Å². The van der Waals surface area contributed by atoms with Crippen molar-refractivity contribution in [1.29, 1.82) is 0 Å². The molecule has 0 bridgehead atoms. The van der Waals surface area contributed by atoms with Crippen molar-refractivity contribution in [1.82, 2.24) is 0 Å². The van der Waals surface area contributed by atoms with Gasteiger partial charge >= 0.3 is 68.4 Å². The summed E-state index contributed by atoms with van der Waals surface area (Å²) in [7, 11) is 0. The van der Waals surface area contributed by atoms with E-state index in [1.165, 1.54) is 12.8 Å². The van der Waals surface area contributed by atoms with Crippen LogP contribution in [0, 0.1) is 0 Å². The van der Waals surface area contributed by atoms with Crippen LogP contribution in [0.4, 0.5) is 0 Å². The molecule has 2 heteroatoms. The van der Waals surface area contributed by atoms with Crippen molar-refractivity contribution < 1.29 is 4.79 Å². The van der Waals surface area contributed by atoms with E-state index in [2.05, 4.69) is 6.92 Å². The van der Waals surface area contributed by atoms with E-state index >= 15 is 0 Å². The predicted molar refractivity (Wildman–Crippen MR) is 34.9 cm³/mol. The van der Waals surface area contributed by atoms with Gasteiger partial charge in [-0.05, 0) is 0 Å². The van der Waals surface area contributed by atoms with E-state index < -0.39 is 0 Å². The Bertz CT molecular complexity index is 70.9. The second-order valence-electron chi connectivity index (χ2n) is 2.16. The van der Waals surface area contributed by atoms with Gasteiger partial charge in [-0.3, -0.25) is 0 Å². The molecule has 0 heterocycles. The third-order valence-corrected chi connectivity index (χ3v) is 1.63. The zero-order valence-corrected chi connectivity index (χ0v) is 7.74. The average Bonchev–Trinajstić information content (AvgIpc) is 1.66. The first-order chi connectivity index (χ1) is 3.77. The molecule has 0 aromatic carbocycles. The molecule has 0 N–H and O–H groups in total. The van der Waals surface area contributed by atoms with Gasteiger partial charge in [0.15, 0.2) is 0 Å². The van der Waals surface area contributed by atoms with Crippen LogP contribution in [-0.4, -0.2) is 31.0 Å². The zero-order valence-electron chi connectivity index (χ0n) is 5.74. The minimum atomic E-state index is 0.457. The van der Waals surface area contributed by atoms with E-state index in [0.717, 1.165) is 40.8 Å². The van der Waals surface area contributed by atoms with Crippen LogP contribution >= 0.6 is 0 Å². The first-order valence-electron chi connectivity index (χ1n) is 3.26. The minimum absolute atomic E-state index is 0.457. The zero-order chi connectivity index (χ0) is 6.41. The van der Waals surface area contributed by atoms with E-state index in [9.17, 15) is 4.79 Å². The summed E-state index contributed by atoms with van der Waals surface area (Å²) >= 11 is 0.747. The van der Waals surface area contributed by atoms with Gasteiger partial charge in [0.25, 0.3) is 0 Å². The quantitative estimate of drug-likeness (QED) is 0.405. The van der Waals surface area contributed by atoms with Gasteiger partial charge in [-0.25, -0.2) is 0 Å². The second-order valence-corrected chi connectivity index (χ2v) is 3.27. The normalized spacial score (nSPS) is 9.38. The molecule has 0 aromatic rings.